The summed E-state index contributed by atoms with van der Waals surface area (Å²) < 4.78 is 26.2. The van der Waals surface area contributed by atoms with Gasteiger partial charge in [0.15, 0.2) is 0 Å². The number of aryl methyl sites for hydroxylation is 1. The van der Waals surface area contributed by atoms with Gasteiger partial charge in [-0.05, 0) is 43.0 Å². The Hall–Kier alpha value is -1.56. The molecule has 6 heteroatoms. The van der Waals surface area contributed by atoms with Gasteiger partial charge in [-0.15, -0.1) is 0 Å². The van der Waals surface area contributed by atoms with E-state index in [1.807, 2.05) is 26.0 Å². The van der Waals surface area contributed by atoms with Crippen molar-refractivity contribution in [3.05, 3.63) is 23.8 Å². The molecule has 0 radical (unpaired) electrons. The molecule has 0 saturated heterocycles. The molecule has 0 spiro atoms. The minimum atomic E-state index is -3.28. The van der Waals surface area contributed by atoms with E-state index in [0.717, 1.165) is 17.7 Å². The van der Waals surface area contributed by atoms with Crippen LogP contribution in [-0.2, 0) is 21.2 Å². The first-order chi connectivity index (χ1) is 9.96. The van der Waals surface area contributed by atoms with E-state index < -0.39 is 10.0 Å². The quantitative estimate of drug-likeness (QED) is 0.878. The average molecular weight is 310 g/mol. The van der Waals surface area contributed by atoms with Crippen molar-refractivity contribution in [1.82, 2.24) is 0 Å². The molecule has 0 fully saturated rings. The number of sulfonamides is 1. The fraction of sp³-hybridized carbons (Fsp3) is 0.533. The number of benzene rings is 1. The lowest BCUT2D eigenvalue weighted by Crippen LogP contribution is -2.35. The zero-order valence-electron chi connectivity index (χ0n) is 12.6. The molecule has 1 aliphatic heterocycles. The third-order valence-electron chi connectivity index (χ3n) is 3.47. The monoisotopic (exact) mass is 310 g/mol. The number of fused-ring (bicyclic) bond motifs is 1. The summed E-state index contributed by atoms with van der Waals surface area (Å²) in [6, 6.07) is 5.41. The molecule has 0 aromatic heterocycles. The smallest absolute Gasteiger partial charge is 0.232 e. The lowest BCUT2D eigenvalue weighted by molar-refractivity contribution is -0.118. The van der Waals surface area contributed by atoms with Crippen LogP contribution in [0.2, 0.25) is 0 Å². The van der Waals surface area contributed by atoms with Crippen LogP contribution in [0.25, 0.3) is 0 Å². The van der Waals surface area contributed by atoms with Crippen LogP contribution in [0, 0.1) is 0 Å². The summed E-state index contributed by atoms with van der Waals surface area (Å²) in [5.41, 5.74) is 2.51. The minimum Gasteiger partial charge on any atom is -0.312 e. The van der Waals surface area contributed by atoms with Crippen LogP contribution in [-0.4, -0.2) is 26.6 Å². The van der Waals surface area contributed by atoms with Gasteiger partial charge in [-0.3, -0.25) is 9.52 Å². The summed E-state index contributed by atoms with van der Waals surface area (Å²) >= 11 is 0. The lowest BCUT2D eigenvalue weighted by Gasteiger charge is -2.29. The molecule has 1 aromatic rings. The zero-order valence-corrected chi connectivity index (χ0v) is 13.4. The molecule has 1 heterocycles. The van der Waals surface area contributed by atoms with Crippen LogP contribution < -0.4 is 9.62 Å². The number of carbonyl (C=O) groups excluding carboxylic acids is 1. The molecule has 21 heavy (non-hydrogen) atoms. The van der Waals surface area contributed by atoms with E-state index in [0.29, 0.717) is 31.5 Å². The fourth-order valence-electron chi connectivity index (χ4n) is 2.59. The summed E-state index contributed by atoms with van der Waals surface area (Å²) in [7, 11) is -3.28. The van der Waals surface area contributed by atoms with E-state index in [1.165, 1.54) is 0 Å². The van der Waals surface area contributed by atoms with Gasteiger partial charge in [-0.2, -0.15) is 0 Å². The van der Waals surface area contributed by atoms with Gasteiger partial charge in [-0.1, -0.05) is 13.8 Å². The molecule has 2 rings (SSSR count). The fourth-order valence-corrected chi connectivity index (χ4v) is 3.72. The lowest BCUT2D eigenvalue weighted by atomic mass is 10.0. The van der Waals surface area contributed by atoms with Crippen LogP contribution in [0.5, 0.6) is 0 Å². The Labute approximate surface area is 126 Å². The van der Waals surface area contributed by atoms with Crippen molar-refractivity contribution >= 4 is 27.3 Å². The maximum absolute atomic E-state index is 12.0. The predicted molar refractivity (Wildman–Crippen MR) is 85.1 cm³/mol. The molecule has 1 amide bonds. The number of amides is 1. The second-order valence-electron chi connectivity index (χ2n) is 5.31. The number of nitrogens with one attached hydrogen (secondary N) is 1. The normalized spacial score (nSPS) is 15.0. The summed E-state index contributed by atoms with van der Waals surface area (Å²) in [6.45, 7) is 4.57. The highest BCUT2D eigenvalue weighted by molar-refractivity contribution is 7.92. The second kappa shape index (κ2) is 6.47. The molecule has 1 aliphatic rings. The molecule has 5 nitrogen and oxygen atoms in total. The number of anilines is 2. The van der Waals surface area contributed by atoms with E-state index in [9.17, 15) is 13.2 Å². The highest BCUT2D eigenvalue weighted by Crippen LogP contribution is 2.30. The maximum atomic E-state index is 12.0. The van der Waals surface area contributed by atoms with E-state index in [2.05, 4.69) is 4.72 Å². The Morgan fingerprint density at radius 1 is 1.19 bits per heavy atom. The molecule has 1 N–H and O–H groups in total. The first-order valence-electron chi connectivity index (χ1n) is 7.40. The Kier molecular flexibility index (Phi) is 4.88. The first-order valence-corrected chi connectivity index (χ1v) is 9.06. The van der Waals surface area contributed by atoms with Crippen LogP contribution in [0.4, 0.5) is 11.4 Å². The third-order valence-corrected chi connectivity index (χ3v) is 4.97. The molecular weight excluding hydrogens is 288 g/mol. The van der Waals surface area contributed by atoms with Crippen LogP contribution in [0.15, 0.2) is 18.2 Å². The third kappa shape index (κ3) is 3.75. The van der Waals surface area contributed by atoms with Gasteiger partial charge in [0, 0.05) is 24.3 Å². The number of rotatable bonds is 6. The van der Waals surface area contributed by atoms with Gasteiger partial charge >= 0.3 is 0 Å². The van der Waals surface area contributed by atoms with E-state index in [4.69, 9.17) is 0 Å². The van der Waals surface area contributed by atoms with Crippen LogP contribution in [0.3, 0.4) is 0 Å². The summed E-state index contributed by atoms with van der Waals surface area (Å²) in [4.78, 5) is 13.8. The molecule has 0 aliphatic carbocycles. The Bertz CT molecular complexity index is 626. The molecule has 0 bridgehead atoms. The highest BCUT2D eigenvalue weighted by atomic mass is 32.2. The van der Waals surface area contributed by atoms with Crippen molar-refractivity contribution < 1.29 is 13.2 Å². The molecule has 0 unspecified atom stereocenters. The van der Waals surface area contributed by atoms with E-state index in [1.54, 1.807) is 11.0 Å². The highest BCUT2D eigenvalue weighted by Gasteiger charge is 2.23. The molecule has 0 atom stereocenters. The van der Waals surface area contributed by atoms with E-state index in [-0.39, 0.29) is 11.7 Å². The largest absolute Gasteiger partial charge is 0.312 e. The molecule has 1 aromatic carbocycles. The van der Waals surface area contributed by atoms with Gasteiger partial charge in [-0.25, -0.2) is 8.42 Å². The van der Waals surface area contributed by atoms with Crippen LogP contribution >= 0.6 is 0 Å². The van der Waals surface area contributed by atoms with Crippen molar-refractivity contribution in [3.63, 3.8) is 0 Å². The predicted octanol–water partition coefficient (Wildman–Crippen LogP) is 2.53. The SMILES string of the molecule is CCCN1C(=O)CCc2cc(NS(=O)(=O)CCC)ccc21. The van der Waals surface area contributed by atoms with Crippen molar-refractivity contribution in [3.8, 4) is 0 Å². The second-order valence-corrected chi connectivity index (χ2v) is 7.15. The molecule has 0 saturated carbocycles. The van der Waals surface area contributed by atoms with Gasteiger partial charge < -0.3 is 4.90 Å². The maximum Gasteiger partial charge on any atom is 0.232 e. The van der Waals surface area contributed by atoms with Crippen molar-refractivity contribution in [1.29, 1.82) is 0 Å². The van der Waals surface area contributed by atoms with Crippen molar-refractivity contribution in [2.45, 2.75) is 39.5 Å². The first kappa shape index (κ1) is 15.8. The number of hydrogen-bond acceptors (Lipinski definition) is 3. The Morgan fingerprint density at radius 2 is 1.95 bits per heavy atom. The van der Waals surface area contributed by atoms with Gasteiger partial charge in [0.2, 0.25) is 15.9 Å². The Balaban J connectivity index is 2.26. The summed E-state index contributed by atoms with van der Waals surface area (Å²) in [5.74, 6) is 0.258. The van der Waals surface area contributed by atoms with Crippen molar-refractivity contribution in [2.24, 2.45) is 0 Å². The molecule has 116 valence electrons. The Morgan fingerprint density at radius 3 is 2.62 bits per heavy atom. The summed E-state index contributed by atoms with van der Waals surface area (Å²) in [6.07, 6.45) is 2.63. The topological polar surface area (TPSA) is 66.5 Å². The average Bonchev–Trinajstić information content (AvgIpc) is 2.41. The summed E-state index contributed by atoms with van der Waals surface area (Å²) in [5, 5.41) is 0. The number of carbonyl (C=O) groups is 1. The van der Waals surface area contributed by atoms with Crippen LogP contribution in [0.1, 0.15) is 38.7 Å². The van der Waals surface area contributed by atoms with Gasteiger partial charge in [0.25, 0.3) is 0 Å². The zero-order chi connectivity index (χ0) is 15.5. The standard InChI is InChI=1S/C15H22N2O3S/c1-3-9-17-14-7-6-13(16-21(19,20)10-4-2)11-12(14)5-8-15(17)18/h6-7,11,16H,3-5,8-10H2,1-2H3. The van der Waals surface area contributed by atoms with Crippen molar-refractivity contribution in [2.75, 3.05) is 21.9 Å². The molecular formula is C15H22N2O3S. The van der Waals surface area contributed by atoms with E-state index >= 15 is 0 Å². The minimum absolute atomic E-state index is 0.116. The number of hydrogen-bond donors (Lipinski definition) is 1. The van der Waals surface area contributed by atoms with Gasteiger partial charge in [0.1, 0.15) is 0 Å². The number of nitrogens with zero attached hydrogens (tertiary/aromatic N) is 1. The van der Waals surface area contributed by atoms with Gasteiger partial charge in [0.05, 0.1) is 5.75 Å².